The molecule has 1 aromatic carbocycles. The fourth-order valence-electron chi connectivity index (χ4n) is 2.04. The molecule has 4 nitrogen and oxygen atoms in total. The lowest BCUT2D eigenvalue weighted by atomic mass is 10.1. The standard InChI is InChI=1S/C16H18ClNO3/c1-11(14-8-9-15(21-14)16(19)20-3)18(2)10-12-6-4-5-7-13(12)17/h4-9,11H,10H2,1-3H3. The fraction of sp³-hybridized carbons (Fsp3) is 0.312. The Morgan fingerprint density at radius 2 is 2.05 bits per heavy atom. The quantitative estimate of drug-likeness (QED) is 0.785. The lowest BCUT2D eigenvalue weighted by Crippen LogP contribution is -2.21. The molecular formula is C16H18ClNO3. The van der Waals surface area contributed by atoms with Crippen LogP contribution in [0.2, 0.25) is 5.02 Å². The minimum Gasteiger partial charge on any atom is -0.463 e. The smallest absolute Gasteiger partial charge is 0.373 e. The number of nitrogens with zero attached hydrogens (tertiary/aromatic N) is 1. The van der Waals surface area contributed by atoms with Gasteiger partial charge in [-0.3, -0.25) is 4.90 Å². The van der Waals surface area contributed by atoms with E-state index in [1.807, 2.05) is 38.2 Å². The second kappa shape index (κ2) is 6.78. The Morgan fingerprint density at radius 1 is 1.33 bits per heavy atom. The predicted molar refractivity (Wildman–Crippen MR) is 81.4 cm³/mol. The molecule has 0 radical (unpaired) electrons. The first kappa shape index (κ1) is 15.6. The van der Waals surface area contributed by atoms with E-state index in [0.29, 0.717) is 12.3 Å². The van der Waals surface area contributed by atoms with Crippen LogP contribution >= 0.6 is 11.6 Å². The summed E-state index contributed by atoms with van der Waals surface area (Å²) < 4.78 is 10.2. The molecule has 1 unspecified atom stereocenters. The summed E-state index contributed by atoms with van der Waals surface area (Å²) in [6.07, 6.45) is 0. The molecule has 2 rings (SSSR count). The van der Waals surface area contributed by atoms with Gasteiger partial charge in [0.25, 0.3) is 0 Å². The van der Waals surface area contributed by atoms with E-state index < -0.39 is 5.97 Å². The Bertz CT molecular complexity index is 623. The normalized spacial score (nSPS) is 12.4. The van der Waals surface area contributed by atoms with Gasteiger partial charge in [0, 0.05) is 11.6 Å². The average Bonchev–Trinajstić information content (AvgIpc) is 2.97. The molecular weight excluding hydrogens is 290 g/mol. The molecule has 0 aliphatic heterocycles. The highest BCUT2D eigenvalue weighted by Gasteiger charge is 2.19. The van der Waals surface area contributed by atoms with Gasteiger partial charge in [-0.15, -0.1) is 0 Å². The number of hydrogen-bond donors (Lipinski definition) is 0. The Morgan fingerprint density at radius 3 is 2.71 bits per heavy atom. The summed E-state index contributed by atoms with van der Waals surface area (Å²) in [6.45, 7) is 2.70. The first-order valence-corrected chi connectivity index (χ1v) is 7.02. The van der Waals surface area contributed by atoms with Crippen LogP contribution in [0.5, 0.6) is 0 Å². The summed E-state index contributed by atoms with van der Waals surface area (Å²) in [5, 5.41) is 0.742. The molecule has 0 bridgehead atoms. The summed E-state index contributed by atoms with van der Waals surface area (Å²) in [7, 11) is 3.31. The molecule has 21 heavy (non-hydrogen) atoms. The summed E-state index contributed by atoms with van der Waals surface area (Å²) in [5.41, 5.74) is 1.05. The van der Waals surface area contributed by atoms with E-state index in [-0.39, 0.29) is 11.8 Å². The van der Waals surface area contributed by atoms with Gasteiger partial charge in [-0.1, -0.05) is 29.8 Å². The lowest BCUT2D eigenvalue weighted by molar-refractivity contribution is 0.0559. The third-order valence-corrected chi connectivity index (χ3v) is 3.83. The van der Waals surface area contributed by atoms with Crippen LogP contribution in [0.4, 0.5) is 0 Å². The van der Waals surface area contributed by atoms with Gasteiger partial charge in [0.05, 0.1) is 13.2 Å². The minimum absolute atomic E-state index is 0.0136. The van der Waals surface area contributed by atoms with Crippen molar-refractivity contribution in [2.24, 2.45) is 0 Å². The minimum atomic E-state index is -0.470. The topological polar surface area (TPSA) is 42.7 Å². The number of hydrogen-bond acceptors (Lipinski definition) is 4. The van der Waals surface area contributed by atoms with Gasteiger partial charge in [-0.2, -0.15) is 0 Å². The maximum atomic E-state index is 11.4. The molecule has 0 fully saturated rings. The Hall–Kier alpha value is -1.78. The summed E-state index contributed by atoms with van der Waals surface area (Å²) >= 11 is 6.17. The Labute approximate surface area is 129 Å². The van der Waals surface area contributed by atoms with Crippen molar-refractivity contribution in [2.45, 2.75) is 19.5 Å². The molecule has 0 saturated heterocycles. The van der Waals surface area contributed by atoms with E-state index in [0.717, 1.165) is 10.6 Å². The number of furan rings is 1. The van der Waals surface area contributed by atoms with E-state index >= 15 is 0 Å². The van der Waals surface area contributed by atoms with Gasteiger partial charge in [0.2, 0.25) is 5.76 Å². The Kier molecular flexibility index (Phi) is 5.04. The zero-order valence-electron chi connectivity index (χ0n) is 12.3. The molecule has 5 heteroatoms. The maximum absolute atomic E-state index is 11.4. The molecule has 0 amide bonds. The third kappa shape index (κ3) is 3.65. The highest BCUT2D eigenvalue weighted by atomic mass is 35.5. The Balaban J connectivity index is 2.09. The van der Waals surface area contributed by atoms with Crippen LogP contribution in [-0.4, -0.2) is 25.0 Å². The number of carbonyl (C=O) groups is 1. The largest absolute Gasteiger partial charge is 0.463 e. The van der Waals surface area contributed by atoms with Gasteiger partial charge in [-0.25, -0.2) is 4.79 Å². The van der Waals surface area contributed by atoms with Crippen LogP contribution in [0.25, 0.3) is 0 Å². The van der Waals surface area contributed by atoms with Gasteiger partial charge < -0.3 is 9.15 Å². The van der Waals surface area contributed by atoms with Gasteiger partial charge in [0.1, 0.15) is 5.76 Å². The second-order valence-electron chi connectivity index (χ2n) is 4.88. The molecule has 0 N–H and O–H groups in total. The van der Waals surface area contributed by atoms with E-state index in [4.69, 9.17) is 16.0 Å². The van der Waals surface area contributed by atoms with Crippen molar-refractivity contribution in [3.63, 3.8) is 0 Å². The van der Waals surface area contributed by atoms with Crippen LogP contribution < -0.4 is 0 Å². The van der Waals surface area contributed by atoms with E-state index in [9.17, 15) is 4.79 Å². The number of benzene rings is 1. The molecule has 1 atom stereocenters. The zero-order valence-corrected chi connectivity index (χ0v) is 13.1. The highest BCUT2D eigenvalue weighted by molar-refractivity contribution is 6.31. The van der Waals surface area contributed by atoms with E-state index in [1.54, 1.807) is 12.1 Å². The van der Waals surface area contributed by atoms with Crippen molar-refractivity contribution in [3.8, 4) is 0 Å². The number of ether oxygens (including phenoxy) is 1. The zero-order chi connectivity index (χ0) is 15.4. The monoisotopic (exact) mass is 307 g/mol. The van der Waals surface area contributed by atoms with Gasteiger partial charge in [0.15, 0.2) is 0 Å². The number of carbonyl (C=O) groups excluding carboxylic acids is 1. The SMILES string of the molecule is COC(=O)c1ccc(C(C)N(C)Cc2ccccc2Cl)o1. The van der Waals surface area contributed by atoms with Crippen LogP contribution in [0.1, 0.15) is 34.8 Å². The maximum Gasteiger partial charge on any atom is 0.373 e. The van der Waals surface area contributed by atoms with E-state index in [2.05, 4.69) is 9.64 Å². The fourth-order valence-corrected chi connectivity index (χ4v) is 2.23. The number of halogens is 1. The van der Waals surface area contributed by atoms with Crippen molar-refractivity contribution in [3.05, 3.63) is 58.5 Å². The van der Waals surface area contributed by atoms with Crippen molar-refractivity contribution in [1.82, 2.24) is 4.90 Å². The summed E-state index contributed by atoms with van der Waals surface area (Å²) in [6, 6.07) is 11.2. The number of esters is 1. The number of methoxy groups -OCH3 is 1. The molecule has 2 aromatic rings. The summed E-state index contributed by atoms with van der Waals surface area (Å²) in [5.74, 6) is 0.456. The first-order chi connectivity index (χ1) is 10.0. The second-order valence-corrected chi connectivity index (χ2v) is 5.28. The molecule has 1 aromatic heterocycles. The predicted octanol–water partition coefficient (Wildman–Crippen LogP) is 3.91. The van der Waals surface area contributed by atoms with Crippen LogP contribution in [0.3, 0.4) is 0 Å². The van der Waals surface area contributed by atoms with Crippen molar-refractivity contribution in [1.29, 1.82) is 0 Å². The lowest BCUT2D eigenvalue weighted by Gasteiger charge is -2.23. The molecule has 0 aliphatic rings. The molecule has 1 heterocycles. The van der Waals surface area contributed by atoms with Gasteiger partial charge >= 0.3 is 5.97 Å². The first-order valence-electron chi connectivity index (χ1n) is 6.64. The highest BCUT2D eigenvalue weighted by Crippen LogP contribution is 2.25. The van der Waals surface area contributed by atoms with Crippen molar-refractivity contribution in [2.75, 3.05) is 14.2 Å². The molecule has 112 valence electrons. The molecule has 0 aliphatic carbocycles. The summed E-state index contributed by atoms with van der Waals surface area (Å²) in [4.78, 5) is 13.5. The van der Waals surface area contributed by atoms with Crippen molar-refractivity contribution < 1.29 is 13.9 Å². The third-order valence-electron chi connectivity index (χ3n) is 3.46. The molecule has 0 spiro atoms. The van der Waals surface area contributed by atoms with Gasteiger partial charge in [-0.05, 0) is 37.7 Å². The van der Waals surface area contributed by atoms with Crippen LogP contribution in [0, 0.1) is 0 Å². The van der Waals surface area contributed by atoms with Crippen molar-refractivity contribution >= 4 is 17.6 Å². The van der Waals surface area contributed by atoms with E-state index in [1.165, 1.54) is 7.11 Å². The molecule has 0 saturated carbocycles. The number of rotatable bonds is 5. The van der Waals surface area contributed by atoms with Crippen LogP contribution in [0.15, 0.2) is 40.8 Å². The average molecular weight is 308 g/mol. The van der Waals surface area contributed by atoms with Crippen LogP contribution in [-0.2, 0) is 11.3 Å².